The molecule has 0 amide bonds. The maximum absolute atomic E-state index is 5.74. The molecule has 0 heterocycles. The summed E-state index contributed by atoms with van der Waals surface area (Å²) in [6.07, 6.45) is 8.03. The summed E-state index contributed by atoms with van der Waals surface area (Å²) in [4.78, 5) is 0. The molecule has 0 radical (unpaired) electrons. The van der Waals surface area contributed by atoms with Crippen LogP contribution in [0.4, 0.5) is 0 Å². The van der Waals surface area contributed by atoms with Crippen molar-refractivity contribution in [2.45, 2.75) is 65.3 Å². The Morgan fingerprint density at radius 2 is 1.73 bits per heavy atom. The monoisotopic (exact) mass is 214 g/mol. The van der Waals surface area contributed by atoms with Gasteiger partial charge in [-0.2, -0.15) is 0 Å². The first-order chi connectivity index (χ1) is 7.20. The van der Waals surface area contributed by atoms with Crippen LogP contribution in [-0.2, 0) is 0 Å². The van der Waals surface area contributed by atoms with Crippen LogP contribution in [0.2, 0.25) is 0 Å². The van der Waals surface area contributed by atoms with Crippen LogP contribution in [0.25, 0.3) is 0 Å². The molecule has 0 aromatic carbocycles. The van der Waals surface area contributed by atoms with Gasteiger partial charge in [0.15, 0.2) is 0 Å². The topological polar surface area (TPSA) is 38.0 Å². The Morgan fingerprint density at radius 3 is 2.27 bits per heavy atom. The zero-order chi connectivity index (χ0) is 11.5. The smallest absolute Gasteiger partial charge is 0.0190 e. The lowest BCUT2D eigenvalue weighted by atomic mass is 10.1. The predicted molar refractivity (Wildman–Crippen MR) is 69.1 cm³/mol. The van der Waals surface area contributed by atoms with Crippen LogP contribution in [0.5, 0.6) is 0 Å². The number of hydrogen-bond donors (Lipinski definition) is 2. The zero-order valence-electron chi connectivity index (χ0n) is 10.9. The molecular weight excluding hydrogens is 184 g/mol. The number of rotatable bonds is 10. The van der Waals surface area contributed by atoms with Crippen LogP contribution in [0.15, 0.2) is 0 Å². The Kier molecular flexibility index (Phi) is 10.4. The van der Waals surface area contributed by atoms with Gasteiger partial charge in [-0.25, -0.2) is 0 Å². The molecule has 0 rings (SSSR count). The third-order valence-electron chi connectivity index (χ3n) is 2.76. The van der Waals surface area contributed by atoms with Gasteiger partial charge in [0.05, 0.1) is 0 Å². The van der Waals surface area contributed by atoms with Crippen molar-refractivity contribution in [2.24, 2.45) is 11.7 Å². The minimum Gasteiger partial charge on any atom is -0.329 e. The molecule has 0 aliphatic heterocycles. The fourth-order valence-electron chi connectivity index (χ4n) is 1.70. The first-order valence-electron chi connectivity index (χ1n) is 6.64. The van der Waals surface area contributed by atoms with Crippen molar-refractivity contribution in [2.75, 3.05) is 13.1 Å². The molecule has 0 spiro atoms. The second kappa shape index (κ2) is 10.4. The van der Waals surface area contributed by atoms with Crippen molar-refractivity contribution >= 4 is 0 Å². The molecule has 0 saturated carbocycles. The normalized spacial score (nSPS) is 13.4. The average Bonchev–Trinajstić information content (AvgIpc) is 2.22. The number of hydrogen-bond acceptors (Lipinski definition) is 2. The molecule has 0 aromatic heterocycles. The van der Waals surface area contributed by atoms with Gasteiger partial charge in [-0.05, 0) is 18.9 Å². The highest BCUT2D eigenvalue weighted by atomic mass is 14.9. The second-order valence-electron chi connectivity index (χ2n) is 4.94. The van der Waals surface area contributed by atoms with E-state index in [1.54, 1.807) is 0 Å². The molecule has 15 heavy (non-hydrogen) atoms. The first-order valence-corrected chi connectivity index (χ1v) is 6.64. The van der Waals surface area contributed by atoms with Gasteiger partial charge in [-0.15, -0.1) is 0 Å². The summed E-state index contributed by atoms with van der Waals surface area (Å²) in [5, 5.41) is 3.53. The van der Waals surface area contributed by atoms with Gasteiger partial charge < -0.3 is 11.1 Å². The molecular formula is C13H30N2. The van der Waals surface area contributed by atoms with E-state index in [-0.39, 0.29) is 0 Å². The van der Waals surface area contributed by atoms with Crippen molar-refractivity contribution in [1.29, 1.82) is 0 Å². The van der Waals surface area contributed by atoms with Gasteiger partial charge in [-0.3, -0.25) is 0 Å². The third kappa shape index (κ3) is 10.2. The largest absolute Gasteiger partial charge is 0.329 e. The van der Waals surface area contributed by atoms with Crippen LogP contribution in [0.3, 0.4) is 0 Å². The summed E-state index contributed by atoms with van der Waals surface area (Å²) < 4.78 is 0. The van der Waals surface area contributed by atoms with Gasteiger partial charge in [0, 0.05) is 12.6 Å². The van der Waals surface area contributed by atoms with E-state index in [4.69, 9.17) is 5.73 Å². The van der Waals surface area contributed by atoms with E-state index >= 15 is 0 Å². The Morgan fingerprint density at radius 1 is 1.07 bits per heavy atom. The van der Waals surface area contributed by atoms with Crippen molar-refractivity contribution in [3.05, 3.63) is 0 Å². The summed E-state index contributed by atoms with van der Waals surface area (Å²) in [6.45, 7) is 8.61. The van der Waals surface area contributed by atoms with E-state index in [9.17, 15) is 0 Å². The molecule has 0 aliphatic carbocycles. The molecule has 3 N–H and O–H groups in total. The number of nitrogens with two attached hydrogens (primary N) is 1. The van der Waals surface area contributed by atoms with E-state index in [0.29, 0.717) is 6.04 Å². The van der Waals surface area contributed by atoms with Gasteiger partial charge in [0.25, 0.3) is 0 Å². The highest BCUT2D eigenvalue weighted by molar-refractivity contribution is 4.68. The number of nitrogens with one attached hydrogen (secondary N) is 1. The van der Waals surface area contributed by atoms with Crippen LogP contribution >= 0.6 is 0 Å². The lowest BCUT2D eigenvalue weighted by molar-refractivity contribution is 0.429. The predicted octanol–water partition coefficient (Wildman–Crippen LogP) is 2.92. The Hall–Kier alpha value is -0.0800. The van der Waals surface area contributed by atoms with Gasteiger partial charge >= 0.3 is 0 Å². The zero-order valence-corrected chi connectivity index (χ0v) is 10.9. The molecule has 1 unspecified atom stereocenters. The van der Waals surface area contributed by atoms with Crippen molar-refractivity contribution in [3.8, 4) is 0 Å². The van der Waals surface area contributed by atoms with Crippen molar-refractivity contribution in [3.63, 3.8) is 0 Å². The Labute approximate surface area is 96.0 Å². The molecule has 2 nitrogen and oxygen atoms in total. The fourth-order valence-corrected chi connectivity index (χ4v) is 1.70. The summed E-state index contributed by atoms with van der Waals surface area (Å²) in [6, 6.07) is 0.536. The SMILES string of the molecule is CCCCCCCC(CN)NCC(C)C. The van der Waals surface area contributed by atoms with E-state index in [2.05, 4.69) is 26.1 Å². The van der Waals surface area contributed by atoms with Gasteiger partial charge in [0.2, 0.25) is 0 Å². The lowest BCUT2D eigenvalue weighted by Crippen LogP contribution is -2.38. The molecule has 0 saturated heterocycles. The van der Waals surface area contributed by atoms with Crippen LogP contribution < -0.4 is 11.1 Å². The Bertz CT molecular complexity index is 124. The average molecular weight is 214 g/mol. The maximum Gasteiger partial charge on any atom is 0.0190 e. The van der Waals surface area contributed by atoms with Crippen LogP contribution in [-0.4, -0.2) is 19.1 Å². The fraction of sp³-hybridized carbons (Fsp3) is 1.00. The molecule has 0 bridgehead atoms. The third-order valence-corrected chi connectivity index (χ3v) is 2.76. The standard InChI is InChI=1S/C13H30N2/c1-4-5-6-7-8-9-13(10-14)15-11-12(2)3/h12-13,15H,4-11,14H2,1-3H3. The lowest BCUT2D eigenvalue weighted by Gasteiger charge is -2.18. The second-order valence-corrected chi connectivity index (χ2v) is 4.94. The maximum atomic E-state index is 5.74. The van der Waals surface area contributed by atoms with Crippen LogP contribution in [0, 0.1) is 5.92 Å². The van der Waals surface area contributed by atoms with Crippen molar-refractivity contribution < 1.29 is 0 Å². The molecule has 0 aliphatic rings. The quantitative estimate of drug-likeness (QED) is 0.549. The van der Waals surface area contributed by atoms with Gasteiger partial charge in [-0.1, -0.05) is 52.9 Å². The molecule has 2 heteroatoms. The summed E-state index contributed by atoms with van der Waals surface area (Å²) in [5.41, 5.74) is 5.74. The molecule has 1 atom stereocenters. The Balaban J connectivity index is 3.36. The van der Waals surface area contributed by atoms with E-state index in [0.717, 1.165) is 19.0 Å². The summed E-state index contributed by atoms with van der Waals surface area (Å²) in [5.74, 6) is 0.721. The minimum absolute atomic E-state index is 0.536. The van der Waals surface area contributed by atoms with Crippen LogP contribution in [0.1, 0.15) is 59.3 Å². The highest BCUT2D eigenvalue weighted by Crippen LogP contribution is 2.07. The summed E-state index contributed by atoms with van der Waals surface area (Å²) in [7, 11) is 0. The summed E-state index contributed by atoms with van der Waals surface area (Å²) >= 11 is 0. The number of unbranched alkanes of at least 4 members (excludes halogenated alkanes) is 4. The minimum atomic E-state index is 0.536. The van der Waals surface area contributed by atoms with Gasteiger partial charge in [0.1, 0.15) is 0 Å². The molecule has 0 aromatic rings. The molecule has 92 valence electrons. The van der Waals surface area contributed by atoms with E-state index < -0.39 is 0 Å². The first kappa shape index (κ1) is 14.9. The van der Waals surface area contributed by atoms with E-state index in [1.807, 2.05) is 0 Å². The highest BCUT2D eigenvalue weighted by Gasteiger charge is 2.05. The van der Waals surface area contributed by atoms with Crippen molar-refractivity contribution in [1.82, 2.24) is 5.32 Å². The molecule has 0 fully saturated rings. The van der Waals surface area contributed by atoms with E-state index in [1.165, 1.54) is 38.5 Å².